The lowest BCUT2D eigenvalue weighted by molar-refractivity contribution is 0.241. The minimum absolute atomic E-state index is 0.0463. The number of hydrogen-bond acceptors (Lipinski definition) is 4. The minimum Gasteiger partial charge on any atom is -0.507 e. The Kier molecular flexibility index (Phi) is 18.6. The van der Waals surface area contributed by atoms with Crippen LogP contribution in [0.3, 0.4) is 0 Å². The van der Waals surface area contributed by atoms with Gasteiger partial charge in [-0.15, -0.1) is 0 Å². The third-order valence-corrected chi connectivity index (χ3v) is 14.9. The Bertz CT molecular complexity index is 1940. The molecule has 0 saturated carbocycles. The predicted molar refractivity (Wildman–Crippen MR) is 320 cm³/mol. The zero-order chi connectivity index (χ0) is 57.1. The van der Waals surface area contributed by atoms with E-state index >= 15 is 0 Å². The van der Waals surface area contributed by atoms with E-state index in [1.807, 2.05) is 0 Å². The van der Waals surface area contributed by atoms with E-state index in [9.17, 15) is 15.3 Å². The van der Waals surface area contributed by atoms with Gasteiger partial charge in [0, 0.05) is 53.0 Å². The Morgan fingerprint density at radius 1 is 0.247 bits per heavy atom. The SMILES string of the molecule is CC(C)(C)CC(C)(C)c1cc(CN(Cc2cc(C(C)(C)CC(C)(C)C)c(O)c(C(C)(C)CC(C)(C)C)c2)Cc2cc(C(C)(C)CC(C)(C)C)c(O)c(C(C)(C)CC(C)(C)C)c2)cc(C(C)(C)CC(C)(C)C)c1O. The van der Waals surface area contributed by atoms with E-state index in [0.29, 0.717) is 36.9 Å². The van der Waals surface area contributed by atoms with E-state index in [-0.39, 0.29) is 65.0 Å². The second-order valence-corrected chi connectivity index (χ2v) is 35.0. The number of phenolic OH excluding ortho intramolecular Hbond substituents is 3. The zero-order valence-corrected chi connectivity index (χ0v) is 53.6. The average Bonchev–Trinajstić information content (AvgIpc) is 3.07. The topological polar surface area (TPSA) is 63.9 Å². The third kappa shape index (κ3) is 18.6. The van der Waals surface area contributed by atoms with E-state index in [1.54, 1.807) is 0 Å². The molecule has 0 bridgehead atoms. The molecule has 0 unspecified atom stereocenters. The van der Waals surface area contributed by atoms with Gasteiger partial charge in [-0.05, 0) is 120 Å². The van der Waals surface area contributed by atoms with Gasteiger partial charge in [0.2, 0.25) is 0 Å². The normalized spacial score (nSPS) is 14.7. The van der Waals surface area contributed by atoms with E-state index in [2.05, 4.69) is 249 Å². The van der Waals surface area contributed by atoms with Crippen molar-refractivity contribution in [2.24, 2.45) is 32.5 Å². The largest absolute Gasteiger partial charge is 0.507 e. The molecule has 0 heterocycles. The number of aromatic hydroxyl groups is 3. The first kappa shape index (κ1) is 64.3. The van der Waals surface area contributed by atoms with Crippen molar-refractivity contribution >= 4 is 0 Å². The number of nitrogens with zero attached hydrogens (tertiary/aromatic N) is 1. The number of phenols is 3. The molecule has 3 N–H and O–H groups in total. The van der Waals surface area contributed by atoms with Crippen LogP contribution in [0.5, 0.6) is 17.2 Å². The number of hydrogen-bond donors (Lipinski definition) is 3. The monoisotopic (exact) mass is 1010 g/mol. The summed E-state index contributed by atoms with van der Waals surface area (Å²) in [5, 5.41) is 37.9. The maximum Gasteiger partial charge on any atom is 0.123 e. The molecule has 0 radical (unpaired) electrons. The second-order valence-electron chi connectivity index (χ2n) is 35.0. The first-order valence-corrected chi connectivity index (χ1v) is 28.4. The highest BCUT2D eigenvalue weighted by Gasteiger charge is 2.40. The maximum atomic E-state index is 12.6. The molecule has 0 atom stereocenters. The van der Waals surface area contributed by atoms with Crippen molar-refractivity contribution in [1.82, 2.24) is 4.90 Å². The summed E-state index contributed by atoms with van der Waals surface area (Å²) in [6.07, 6.45) is 5.51. The van der Waals surface area contributed by atoms with E-state index < -0.39 is 0 Å². The maximum absolute atomic E-state index is 12.6. The summed E-state index contributed by atoms with van der Waals surface area (Å²) in [5.41, 5.74) is 8.13. The van der Waals surface area contributed by atoms with Gasteiger partial charge in [0.25, 0.3) is 0 Å². The molecule has 4 nitrogen and oxygen atoms in total. The van der Waals surface area contributed by atoms with Crippen molar-refractivity contribution in [2.75, 3.05) is 0 Å². The van der Waals surface area contributed by atoms with E-state index in [4.69, 9.17) is 0 Å². The van der Waals surface area contributed by atoms with Crippen LogP contribution in [0.4, 0.5) is 0 Å². The molecular formula is C69H117NO3. The lowest BCUT2D eigenvalue weighted by Gasteiger charge is -2.39. The van der Waals surface area contributed by atoms with Crippen molar-refractivity contribution < 1.29 is 15.3 Å². The summed E-state index contributed by atoms with van der Waals surface area (Å²) in [4.78, 5) is 2.61. The van der Waals surface area contributed by atoms with E-state index in [1.165, 1.54) is 16.7 Å². The highest BCUT2D eigenvalue weighted by Crippen LogP contribution is 2.51. The lowest BCUT2D eigenvalue weighted by atomic mass is 9.67. The van der Waals surface area contributed by atoms with Gasteiger partial charge < -0.3 is 15.3 Å². The fourth-order valence-corrected chi connectivity index (χ4v) is 14.9. The first-order chi connectivity index (χ1) is 32.1. The predicted octanol–water partition coefficient (Wildman–Crippen LogP) is 20.3. The Morgan fingerprint density at radius 3 is 0.479 bits per heavy atom. The molecular weight excluding hydrogens is 891 g/mol. The molecule has 4 heteroatoms. The van der Waals surface area contributed by atoms with Crippen LogP contribution in [0.15, 0.2) is 36.4 Å². The molecule has 416 valence electrons. The molecule has 0 aliphatic rings. The summed E-state index contributed by atoms with van der Waals surface area (Å²) in [6.45, 7) is 71.1. The van der Waals surface area contributed by atoms with Gasteiger partial charge in [0.1, 0.15) is 17.2 Å². The molecule has 0 amide bonds. The smallest absolute Gasteiger partial charge is 0.123 e. The Balaban J connectivity index is 2.63. The molecule has 3 aromatic carbocycles. The summed E-state index contributed by atoms with van der Waals surface area (Å²) < 4.78 is 0. The standard InChI is InChI=1S/C69H117NO3/c1-58(2,3)40-64(19,20)49-31-46(32-50(55(49)71)65(21,22)41-59(4,5)6)37-70(38-47-33-51(66(23,24)42-60(7,8)9)56(72)52(34-47)67(25,26)43-61(10,11)12)39-48-35-53(68(27,28)44-62(13,14)15)57(73)54(36-48)69(29,30)45-63(16,17)18/h31-36,71-73H,37-45H2,1-30H3. The summed E-state index contributed by atoms with van der Waals surface area (Å²) >= 11 is 0. The number of benzene rings is 3. The van der Waals surface area contributed by atoms with Gasteiger partial charge in [0.05, 0.1) is 0 Å². The summed E-state index contributed by atoms with van der Waals surface area (Å²) in [5.74, 6) is 1.30. The average molecular weight is 1010 g/mol. The zero-order valence-electron chi connectivity index (χ0n) is 53.6. The van der Waals surface area contributed by atoms with Crippen LogP contribution in [0, 0.1) is 32.5 Å². The van der Waals surface area contributed by atoms with Gasteiger partial charge in [0.15, 0.2) is 0 Å². The molecule has 73 heavy (non-hydrogen) atoms. The molecule has 0 aliphatic heterocycles. The van der Waals surface area contributed by atoms with Crippen LogP contribution in [0.2, 0.25) is 0 Å². The summed E-state index contributed by atoms with van der Waals surface area (Å²) in [6, 6.07) is 13.9. The van der Waals surface area contributed by atoms with Crippen LogP contribution in [0.25, 0.3) is 0 Å². The van der Waals surface area contributed by atoms with Crippen LogP contribution >= 0.6 is 0 Å². The highest BCUT2D eigenvalue weighted by atomic mass is 16.3. The van der Waals surface area contributed by atoms with Crippen LogP contribution in [0.1, 0.15) is 296 Å². The van der Waals surface area contributed by atoms with Gasteiger partial charge in [-0.3, -0.25) is 4.90 Å². The molecule has 0 aromatic heterocycles. The van der Waals surface area contributed by atoms with Crippen molar-refractivity contribution in [2.45, 2.75) is 298 Å². The van der Waals surface area contributed by atoms with Crippen molar-refractivity contribution in [3.05, 3.63) is 86.5 Å². The van der Waals surface area contributed by atoms with Crippen molar-refractivity contribution in [1.29, 1.82) is 0 Å². The molecule has 3 rings (SSSR count). The Morgan fingerprint density at radius 2 is 0.370 bits per heavy atom. The second kappa shape index (κ2) is 21.1. The first-order valence-electron chi connectivity index (χ1n) is 28.4. The lowest BCUT2D eigenvalue weighted by Crippen LogP contribution is -2.31. The van der Waals surface area contributed by atoms with Gasteiger partial charge in [-0.1, -0.05) is 244 Å². The van der Waals surface area contributed by atoms with Crippen molar-refractivity contribution in [3.8, 4) is 17.2 Å². The molecule has 0 fully saturated rings. The van der Waals surface area contributed by atoms with Gasteiger partial charge in [-0.2, -0.15) is 0 Å². The van der Waals surface area contributed by atoms with Crippen LogP contribution in [-0.4, -0.2) is 20.2 Å². The van der Waals surface area contributed by atoms with Gasteiger partial charge >= 0.3 is 0 Å². The Hall–Kier alpha value is -2.98. The fraction of sp³-hybridized carbons (Fsp3) is 0.739. The van der Waals surface area contributed by atoms with Crippen molar-refractivity contribution in [3.63, 3.8) is 0 Å². The van der Waals surface area contributed by atoms with Crippen LogP contribution in [-0.2, 0) is 52.1 Å². The number of rotatable bonds is 18. The highest BCUT2D eigenvalue weighted by molar-refractivity contribution is 5.53. The fourth-order valence-electron chi connectivity index (χ4n) is 14.9. The molecule has 0 saturated heterocycles. The Labute approximate surface area is 452 Å². The minimum atomic E-state index is -0.300. The van der Waals surface area contributed by atoms with Gasteiger partial charge in [-0.25, -0.2) is 0 Å². The molecule has 3 aromatic rings. The summed E-state index contributed by atoms with van der Waals surface area (Å²) in [7, 11) is 0. The quantitative estimate of drug-likeness (QED) is 0.119. The third-order valence-electron chi connectivity index (χ3n) is 14.9. The molecule has 0 spiro atoms. The van der Waals surface area contributed by atoms with E-state index in [0.717, 1.165) is 71.9 Å². The van der Waals surface area contributed by atoms with Crippen LogP contribution < -0.4 is 0 Å². The molecule has 0 aliphatic carbocycles.